The van der Waals surface area contributed by atoms with Gasteiger partial charge in [0, 0.05) is 38.5 Å². The Morgan fingerprint density at radius 2 is 1.93 bits per heavy atom. The van der Waals surface area contributed by atoms with E-state index in [-0.39, 0.29) is 0 Å². The third-order valence-corrected chi connectivity index (χ3v) is 6.18. The molecular weight excluding hydrogens is 366 g/mol. The molecule has 0 radical (unpaired) electrons. The van der Waals surface area contributed by atoms with Crippen molar-refractivity contribution in [2.75, 3.05) is 33.2 Å². The van der Waals surface area contributed by atoms with Gasteiger partial charge in [0.1, 0.15) is 0 Å². The summed E-state index contributed by atoms with van der Waals surface area (Å²) in [7, 11) is 1.84. The van der Waals surface area contributed by atoms with E-state index in [2.05, 4.69) is 62.1 Å². The number of rotatable bonds is 7. The number of thiazole rings is 1. The minimum Gasteiger partial charge on any atom is -0.356 e. The number of piperidine rings is 1. The van der Waals surface area contributed by atoms with Gasteiger partial charge in [-0.3, -0.25) is 9.89 Å². The predicted octanol–water partition coefficient (Wildman–Crippen LogP) is 3.38. The summed E-state index contributed by atoms with van der Waals surface area (Å²) < 4.78 is 0. The zero-order valence-electron chi connectivity index (χ0n) is 17.4. The van der Waals surface area contributed by atoms with Gasteiger partial charge in [0.2, 0.25) is 0 Å². The lowest BCUT2D eigenvalue weighted by molar-refractivity contribution is 0.178. The first-order chi connectivity index (χ1) is 13.6. The lowest BCUT2D eigenvalue weighted by Gasteiger charge is -2.32. The Kier molecular flexibility index (Phi) is 7.86. The number of nitrogens with zero attached hydrogens (tertiary/aromatic N) is 3. The molecule has 0 saturated carbocycles. The van der Waals surface area contributed by atoms with Gasteiger partial charge in [0.15, 0.2) is 5.96 Å². The first-order valence-corrected chi connectivity index (χ1v) is 11.1. The molecule has 1 aromatic heterocycles. The van der Waals surface area contributed by atoms with Crippen molar-refractivity contribution in [3.63, 3.8) is 0 Å². The number of likely N-dealkylation sites (tertiary alicyclic amines) is 1. The topological polar surface area (TPSA) is 52.6 Å². The lowest BCUT2D eigenvalue weighted by Crippen LogP contribution is -2.43. The van der Waals surface area contributed by atoms with Crippen molar-refractivity contribution in [1.82, 2.24) is 20.5 Å². The summed E-state index contributed by atoms with van der Waals surface area (Å²) in [5, 5.41) is 10.2. The van der Waals surface area contributed by atoms with Crippen LogP contribution in [0.3, 0.4) is 0 Å². The van der Waals surface area contributed by atoms with Crippen LogP contribution in [0.2, 0.25) is 0 Å². The van der Waals surface area contributed by atoms with E-state index in [9.17, 15) is 0 Å². The molecule has 1 aliphatic rings. The fourth-order valence-corrected chi connectivity index (χ4v) is 4.24. The molecule has 1 aromatic carbocycles. The molecule has 2 aromatic rings. The number of guanidine groups is 1. The average molecular weight is 400 g/mol. The first kappa shape index (κ1) is 20.8. The van der Waals surface area contributed by atoms with E-state index in [1.54, 1.807) is 11.3 Å². The van der Waals surface area contributed by atoms with Crippen LogP contribution in [0.1, 0.15) is 34.7 Å². The fraction of sp³-hybridized carbons (Fsp3) is 0.545. The van der Waals surface area contributed by atoms with E-state index in [1.165, 1.54) is 37.1 Å². The molecule has 152 valence electrons. The molecule has 28 heavy (non-hydrogen) atoms. The number of nitrogens with one attached hydrogen (secondary N) is 2. The molecule has 0 bridgehead atoms. The van der Waals surface area contributed by atoms with Gasteiger partial charge in [-0.1, -0.05) is 29.8 Å². The van der Waals surface area contributed by atoms with Gasteiger partial charge in [-0.15, -0.1) is 11.3 Å². The van der Waals surface area contributed by atoms with Crippen LogP contribution in [0.5, 0.6) is 0 Å². The molecule has 0 aliphatic carbocycles. The molecule has 1 aliphatic heterocycles. The third-order valence-electron chi connectivity index (χ3n) is 5.36. The Labute approximate surface area is 173 Å². The standard InChI is InChI=1S/C22H33N5S/c1-17-4-6-20(7-5-17)15-27-12-9-19(10-13-27)14-25-22(23-3)24-11-8-21-16-28-18(2)26-21/h4-7,16,19H,8-15H2,1-3H3,(H2,23,24,25). The van der Waals surface area contributed by atoms with Gasteiger partial charge in [-0.2, -0.15) is 0 Å². The molecular formula is C22H33N5S. The molecule has 2 heterocycles. The number of aliphatic imine (C=N–C) groups is 1. The molecule has 2 N–H and O–H groups in total. The highest BCUT2D eigenvalue weighted by atomic mass is 32.1. The van der Waals surface area contributed by atoms with Gasteiger partial charge >= 0.3 is 0 Å². The van der Waals surface area contributed by atoms with Crippen molar-refractivity contribution < 1.29 is 0 Å². The molecule has 0 amide bonds. The van der Waals surface area contributed by atoms with E-state index in [0.29, 0.717) is 5.92 Å². The van der Waals surface area contributed by atoms with Gasteiger partial charge < -0.3 is 10.6 Å². The highest BCUT2D eigenvalue weighted by Gasteiger charge is 2.19. The minimum atomic E-state index is 0.717. The van der Waals surface area contributed by atoms with Gasteiger partial charge in [0.05, 0.1) is 10.7 Å². The quantitative estimate of drug-likeness (QED) is 0.554. The van der Waals surface area contributed by atoms with Crippen molar-refractivity contribution in [2.45, 2.75) is 39.7 Å². The van der Waals surface area contributed by atoms with Gasteiger partial charge in [-0.05, 0) is 51.3 Å². The second-order valence-electron chi connectivity index (χ2n) is 7.69. The summed E-state index contributed by atoms with van der Waals surface area (Å²) in [5.74, 6) is 1.61. The predicted molar refractivity (Wildman–Crippen MR) is 119 cm³/mol. The second-order valence-corrected chi connectivity index (χ2v) is 8.76. The Morgan fingerprint density at radius 3 is 2.57 bits per heavy atom. The normalized spacial score (nSPS) is 16.3. The smallest absolute Gasteiger partial charge is 0.190 e. The minimum absolute atomic E-state index is 0.717. The molecule has 0 unspecified atom stereocenters. The second kappa shape index (κ2) is 10.6. The molecule has 5 nitrogen and oxygen atoms in total. The molecule has 0 spiro atoms. The number of benzene rings is 1. The zero-order chi connectivity index (χ0) is 19.8. The summed E-state index contributed by atoms with van der Waals surface area (Å²) in [6.45, 7) is 9.47. The Morgan fingerprint density at radius 1 is 1.18 bits per heavy atom. The van der Waals surface area contributed by atoms with Crippen LogP contribution in [0.4, 0.5) is 0 Å². The van der Waals surface area contributed by atoms with Crippen molar-refractivity contribution >= 4 is 17.3 Å². The van der Waals surface area contributed by atoms with Crippen molar-refractivity contribution in [1.29, 1.82) is 0 Å². The number of aromatic nitrogens is 1. The van der Waals surface area contributed by atoms with Crippen LogP contribution in [0.15, 0.2) is 34.6 Å². The van der Waals surface area contributed by atoms with Gasteiger partial charge in [0.25, 0.3) is 0 Å². The summed E-state index contributed by atoms with van der Waals surface area (Å²) in [5.41, 5.74) is 3.91. The van der Waals surface area contributed by atoms with Crippen LogP contribution in [-0.2, 0) is 13.0 Å². The van der Waals surface area contributed by atoms with Gasteiger partial charge in [-0.25, -0.2) is 4.98 Å². The van der Waals surface area contributed by atoms with E-state index < -0.39 is 0 Å². The van der Waals surface area contributed by atoms with Crippen LogP contribution >= 0.6 is 11.3 Å². The largest absolute Gasteiger partial charge is 0.356 e. The molecule has 6 heteroatoms. The highest BCUT2D eigenvalue weighted by molar-refractivity contribution is 7.09. The number of hydrogen-bond donors (Lipinski definition) is 2. The molecule has 1 saturated heterocycles. The van der Waals surface area contributed by atoms with Crippen molar-refractivity contribution in [3.05, 3.63) is 51.5 Å². The van der Waals surface area contributed by atoms with E-state index in [0.717, 1.165) is 42.7 Å². The summed E-state index contributed by atoms with van der Waals surface area (Å²) >= 11 is 1.71. The van der Waals surface area contributed by atoms with E-state index in [1.807, 2.05) is 14.0 Å². The third kappa shape index (κ3) is 6.60. The fourth-order valence-electron chi connectivity index (χ4n) is 3.59. The summed E-state index contributed by atoms with van der Waals surface area (Å²) in [4.78, 5) is 11.4. The van der Waals surface area contributed by atoms with Crippen LogP contribution in [-0.4, -0.2) is 49.1 Å². The van der Waals surface area contributed by atoms with E-state index >= 15 is 0 Å². The Balaban J connectivity index is 1.32. The molecule has 3 rings (SSSR count). The van der Waals surface area contributed by atoms with Crippen molar-refractivity contribution in [2.24, 2.45) is 10.9 Å². The Bertz CT molecular complexity index is 745. The average Bonchev–Trinajstić information content (AvgIpc) is 3.12. The number of hydrogen-bond acceptors (Lipinski definition) is 4. The van der Waals surface area contributed by atoms with E-state index in [4.69, 9.17) is 0 Å². The van der Waals surface area contributed by atoms with Crippen LogP contribution < -0.4 is 10.6 Å². The van der Waals surface area contributed by atoms with Crippen molar-refractivity contribution in [3.8, 4) is 0 Å². The monoisotopic (exact) mass is 399 g/mol. The summed E-state index contributed by atoms with van der Waals surface area (Å²) in [6, 6.07) is 8.93. The first-order valence-electron chi connectivity index (χ1n) is 10.3. The molecule has 1 fully saturated rings. The van der Waals surface area contributed by atoms with Crippen LogP contribution in [0, 0.1) is 19.8 Å². The maximum atomic E-state index is 4.51. The maximum absolute atomic E-state index is 4.51. The van der Waals surface area contributed by atoms with Crippen LogP contribution in [0.25, 0.3) is 0 Å². The lowest BCUT2D eigenvalue weighted by atomic mass is 9.96. The highest BCUT2D eigenvalue weighted by Crippen LogP contribution is 2.18. The molecule has 0 atom stereocenters. The summed E-state index contributed by atoms with van der Waals surface area (Å²) in [6.07, 6.45) is 3.42. The zero-order valence-corrected chi connectivity index (χ0v) is 18.2. The Hall–Kier alpha value is -1.92. The number of aryl methyl sites for hydroxylation is 2. The SMILES string of the molecule is CN=C(NCCc1csc(C)n1)NCC1CCN(Cc2ccc(C)cc2)CC1. The maximum Gasteiger partial charge on any atom is 0.190 e.